The number of hydrogen-bond acceptors (Lipinski definition) is 2. The molecule has 0 bridgehead atoms. The molecular weight excluding hydrogens is 249 g/mol. The van der Waals surface area contributed by atoms with Gasteiger partial charge < -0.3 is 10.1 Å². The van der Waals surface area contributed by atoms with Gasteiger partial charge >= 0.3 is 0 Å². The van der Waals surface area contributed by atoms with Crippen LogP contribution in [0, 0.1) is 5.82 Å². The van der Waals surface area contributed by atoms with Crippen LogP contribution in [0.1, 0.15) is 18.0 Å². The van der Waals surface area contributed by atoms with E-state index >= 15 is 0 Å². The van der Waals surface area contributed by atoms with E-state index in [0.29, 0.717) is 17.9 Å². The highest BCUT2D eigenvalue weighted by atomic mass is 79.9. The minimum absolute atomic E-state index is 0.0521. The maximum atomic E-state index is 13.5. The fourth-order valence-corrected chi connectivity index (χ4v) is 2.19. The first-order valence-corrected chi connectivity index (χ1v) is 5.31. The van der Waals surface area contributed by atoms with E-state index < -0.39 is 0 Å². The van der Waals surface area contributed by atoms with Gasteiger partial charge in [-0.25, -0.2) is 4.39 Å². The fraction of sp³-hybridized carbons (Fsp3) is 0.400. The molecule has 0 fully saturated rings. The molecule has 1 unspecified atom stereocenters. The molecule has 1 aromatic rings. The van der Waals surface area contributed by atoms with Gasteiger partial charge in [0.15, 0.2) is 0 Å². The predicted octanol–water partition coefficient (Wildman–Crippen LogP) is 2.63. The third-order valence-electron chi connectivity index (χ3n) is 2.44. The molecule has 4 heteroatoms. The van der Waals surface area contributed by atoms with Crippen LogP contribution in [0.15, 0.2) is 16.6 Å². The van der Waals surface area contributed by atoms with Crippen molar-refractivity contribution in [1.29, 1.82) is 0 Å². The van der Waals surface area contributed by atoms with Crippen molar-refractivity contribution in [1.82, 2.24) is 5.32 Å². The monoisotopic (exact) mass is 259 g/mol. The fourth-order valence-electron chi connectivity index (χ4n) is 1.73. The molecule has 0 aliphatic carbocycles. The highest BCUT2D eigenvalue weighted by Crippen LogP contribution is 2.39. The number of ether oxygens (including phenoxy) is 1. The second-order valence-corrected chi connectivity index (χ2v) is 4.10. The minimum Gasteiger partial charge on any atom is -0.492 e. The summed E-state index contributed by atoms with van der Waals surface area (Å²) >= 11 is 3.35. The lowest BCUT2D eigenvalue weighted by atomic mass is 10.0. The largest absolute Gasteiger partial charge is 0.492 e. The normalized spacial score (nSPS) is 20.1. The van der Waals surface area contributed by atoms with Gasteiger partial charge in [0.25, 0.3) is 0 Å². The van der Waals surface area contributed by atoms with E-state index in [0.717, 1.165) is 10.9 Å². The van der Waals surface area contributed by atoms with Gasteiger partial charge in [-0.1, -0.05) is 0 Å². The average molecular weight is 260 g/mol. The first kappa shape index (κ1) is 9.93. The summed E-state index contributed by atoms with van der Waals surface area (Å²) in [6.07, 6.45) is 0.802. The summed E-state index contributed by atoms with van der Waals surface area (Å²) in [6.45, 7) is 0.626. The van der Waals surface area contributed by atoms with Crippen molar-refractivity contribution in [2.45, 2.75) is 12.5 Å². The first-order chi connectivity index (χ1) is 6.74. The smallest absolute Gasteiger partial charge is 0.141 e. The van der Waals surface area contributed by atoms with Gasteiger partial charge in [0.2, 0.25) is 0 Å². The Hall–Kier alpha value is -0.610. The standard InChI is InChI=1S/C10H11BrFNO/c1-13-8-4-5-14-10-6(11)2-3-7(12)9(8)10/h2-3,8,13H,4-5H2,1H3. The summed E-state index contributed by atoms with van der Waals surface area (Å²) in [5.41, 5.74) is 0.633. The molecule has 1 aliphatic rings. The molecule has 0 aromatic heterocycles. The van der Waals surface area contributed by atoms with Crippen molar-refractivity contribution < 1.29 is 9.13 Å². The highest BCUT2D eigenvalue weighted by Gasteiger charge is 2.25. The van der Waals surface area contributed by atoms with Crippen LogP contribution in [0.4, 0.5) is 4.39 Å². The average Bonchev–Trinajstić information content (AvgIpc) is 2.23. The molecule has 0 amide bonds. The predicted molar refractivity (Wildman–Crippen MR) is 56.0 cm³/mol. The second kappa shape index (κ2) is 3.87. The van der Waals surface area contributed by atoms with Gasteiger partial charge in [-0.05, 0) is 35.1 Å². The van der Waals surface area contributed by atoms with Crippen LogP contribution >= 0.6 is 15.9 Å². The maximum absolute atomic E-state index is 13.5. The van der Waals surface area contributed by atoms with Gasteiger partial charge in [0.1, 0.15) is 11.6 Å². The quantitative estimate of drug-likeness (QED) is 0.838. The Morgan fingerprint density at radius 2 is 2.36 bits per heavy atom. The highest BCUT2D eigenvalue weighted by molar-refractivity contribution is 9.10. The Morgan fingerprint density at radius 3 is 3.07 bits per heavy atom. The molecule has 2 nitrogen and oxygen atoms in total. The molecule has 1 aliphatic heterocycles. The zero-order valence-corrected chi connectivity index (χ0v) is 9.40. The van der Waals surface area contributed by atoms with Crippen LogP contribution in [-0.2, 0) is 0 Å². The SMILES string of the molecule is CNC1CCOc2c(Br)ccc(F)c21. The Balaban J connectivity index is 2.55. The van der Waals surface area contributed by atoms with E-state index in [2.05, 4.69) is 21.2 Å². The summed E-state index contributed by atoms with van der Waals surface area (Å²) in [4.78, 5) is 0. The lowest BCUT2D eigenvalue weighted by Gasteiger charge is -2.26. The van der Waals surface area contributed by atoms with E-state index in [9.17, 15) is 4.39 Å². The summed E-state index contributed by atoms with van der Waals surface area (Å²) in [7, 11) is 1.83. The first-order valence-electron chi connectivity index (χ1n) is 4.52. The molecule has 2 rings (SSSR count). The van der Waals surface area contributed by atoms with Gasteiger partial charge in [-0.3, -0.25) is 0 Å². The Bertz CT molecular complexity index is 356. The van der Waals surface area contributed by atoms with Crippen molar-refractivity contribution in [2.24, 2.45) is 0 Å². The molecular formula is C10H11BrFNO. The lowest BCUT2D eigenvalue weighted by molar-refractivity contribution is 0.250. The topological polar surface area (TPSA) is 21.3 Å². The summed E-state index contributed by atoms with van der Waals surface area (Å²) in [5, 5.41) is 3.09. The van der Waals surface area contributed by atoms with Crippen LogP contribution in [0.5, 0.6) is 5.75 Å². The van der Waals surface area contributed by atoms with E-state index in [1.807, 2.05) is 7.05 Å². The van der Waals surface area contributed by atoms with Crippen LogP contribution < -0.4 is 10.1 Å². The van der Waals surface area contributed by atoms with Gasteiger partial charge in [-0.15, -0.1) is 0 Å². The van der Waals surface area contributed by atoms with Crippen LogP contribution in [0.3, 0.4) is 0 Å². The number of halogens is 2. The van der Waals surface area contributed by atoms with Crippen molar-refractivity contribution in [3.05, 3.63) is 28.0 Å². The number of fused-ring (bicyclic) bond motifs is 1. The van der Waals surface area contributed by atoms with Gasteiger partial charge in [0.05, 0.1) is 11.1 Å². The van der Waals surface area contributed by atoms with Crippen LogP contribution in [-0.4, -0.2) is 13.7 Å². The van der Waals surface area contributed by atoms with Crippen molar-refractivity contribution in [2.75, 3.05) is 13.7 Å². The summed E-state index contributed by atoms with van der Waals surface area (Å²) in [6, 6.07) is 3.19. The Labute approximate surface area is 90.6 Å². The van der Waals surface area contributed by atoms with Gasteiger partial charge in [0, 0.05) is 18.0 Å². The molecule has 0 radical (unpaired) electrons. The van der Waals surface area contributed by atoms with E-state index in [-0.39, 0.29) is 11.9 Å². The van der Waals surface area contributed by atoms with Crippen molar-refractivity contribution in [3.8, 4) is 5.75 Å². The molecule has 76 valence electrons. The molecule has 1 atom stereocenters. The van der Waals surface area contributed by atoms with Crippen molar-refractivity contribution in [3.63, 3.8) is 0 Å². The van der Waals surface area contributed by atoms with Crippen LogP contribution in [0.2, 0.25) is 0 Å². The molecule has 14 heavy (non-hydrogen) atoms. The maximum Gasteiger partial charge on any atom is 0.141 e. The number of nitrogens with one attached hydrogen (secondary N) is 1. The van der Waals surface area contributed by atoms with Gasteiger partial charge in [-0.2, -0.15) is 0 Å². The van der Waals surface area contributed by atoms with Crippen molar-refractivity contribution >= 4 is 15.9 Å². The third kappa shape index (κ3) is 1.53. The van der Waals surface area contributed by atoms with E-state index in [1.165, 1.54) is 6.07 Å². The second-order valence-electron chi connectivity index (χ2n) is 3.25. The lowest BCUT2D eigenvalue weighted by Crippen LogP contribution is -2.25. The number of rotatable bonds is 1. The summed E-state index contributed by atoms with van der Waals surface area (Å²) < 4.78 is 19.8. The third-order valence-corrected chi connectivity index (χ3v) is 3.07. The summed E-state index contributed by atoms with van der Waals surface area (Å²) in [5.74, 6) is 0.429. The number of benzene rings is 1. The zero-order chi connectivity index (χ0) is 10.1. The molecule has 1 N–H and O–H groups in total. The molecule has 0 saturated heterocycles. The number of hydrogen-bond donors (Lipinski definition) is 1. The molecule has 0 spiro atoms. The zero-order valence-electron chi connectivity index (χ0n) is 7.81. The van der Waals surface area contributed by atoms with Crippen LogP contribution in [0.25, 0.3) is 0 Å². The molecule has 1 heterocycles. The van der Waals surface area contributed by atoms with E-state index in [1.54, 1.807) is 6.07 Å². The van der Waals surface area contributed by atoms with E-state index in [4.69, 9.17) is 4.74 Å². The molecule has 0 saturated carbocycles. The Morgan fingerprint density at radius 1 is 1.57 bits per heavy atom. The Kier molecular flexibility index (Phi) is 2.74. The minimum atomic E-state index is -0.206. The molecule has 1 aromatic carbocycles.